The Bertz CT molecular complexity index is 768. The molecule has 0 aliphatic rings. The minimum Gasteiger partial charge on any atom is -0.493 e. The molecule has 0 bridgehead atoms. The number of aliphatic imine (C=N–C) groups is 1. The van der Waals surface area contributed by atoms with Gasteiger partial charge in [0, 0.05) is 19.3 Å². The third kappa shape index (κ3) is 8.47. The predicted octanol–water partition coefficient (Wildman–Crippen LogP) is 4.10. The average Bonchev–Trinajstić information content (AvgIpc) is 2.70. The topological polar surface area (TPSA) is 67.8 Å². The maximum absolute atomic E-state index is 5.65. The smallest absolute Gasteiger partial charge is 0.191 e. The average molecular weight is 512 g/mol. The quantitative estimate of drug-likeness (QED) is 0.217. The van der Waals surface area contributed by atoms with E-state index in [1.165, 1.54) is 5.56 Å². The number of halogens is 1. The number of aryl methyl sites for hydroxylation is 2. The molecule has 2 rings (SSSR count). The predicted molar refractivity (Wildman–Crippen MR) is 130 cm³/mol. The molecule has 2 aromatic rings. The zero-order valence-electron chi connectivity index (χ0n) is 17.8. The maximum Gasteiger partial charge on any atom is 0.191 e. The van der Waals surface area contributed by atoms with Crippen LogP contribution in [0.15, 0.2) is 41.5 Å². The van der Waals surface area contributed by atoms with Gasteiger partial charge in [0.1, 0.15) is 0 Å². The molecule has 1 aromatic carbocycles. The minimum atomic E-state index is 0. The van der Waals surface area contributed by atoms with Crippen molar-refractivity contribution in [1.29, 1.82) is 0 Å². The van der Waals surface area contributed by atoms with Crippen LogP contribution in [0.5, 0.6) is 11.5 Å². The summed E-state index contributed by atoms with van der Waals surface area (Å²) in [5.41, 5.74) is 3.39. The fourth-order valence-electron chi connectivity index (χ4n) is 2.82. The number of methoxy groups -OCH3 is 1. The third-order valence-corrected chi connectivity index (χ3v) is 4.31. The van der Waals surface area contributed by atoms with Crippen LogP contribution in [0.4, 0.5) is 0 Å². The molecule has 0 atom stereocenters. The van der Waals surface area contributed by atoms with Crippen LogP contribution in [0.2, 0.25) is 0 Å². The van der Waals surface area contributed by atoms with Crippen molar-refractivity contribution in [3.8, 4) is 11.5 Å². The summed E-state index contributed by atoms with van der Waals surface area (Å²) in [6.07, 6.45) is 3.75. The summed E-state index contributed by atoms with van der Waals surface area (Å²) < 4.78 is 11.0. The molecule has 1 heterocycles. The van der Waals surface area contributed by atoms with Crippen LogP contribution in [0.1, 0.15) is 37.1 Å². The van der Waals surface area contributed by atoms with Gasteiger partial charge in [0.25, 0.3) is 0 Å². The lowest BCUT2D eigenvalue weighted by Gasteiger charge is -2.13. The van der Waals surface area contributed by atoms with Gasteiger partial charge in [-0.05, 0) is 62.9 Å². The van der Waals surface area contributed by atoms with Gasteiger partial charge >= 0.3 is 0 Å². The van der Waals surface area contributed by atoms with Crippen molar-refractivity contribution < 1.29 is 9.47 Å². The number of rotatable bonds is 10. The zero-order valence-corrected chi connectivity index (χ0v) is 20.2. The van der Waals surface area contributed by atoms with Gasteiger partial charge in [-0.1, -0.05) is 12.1 Å². The molecule has 0 aliphatic carbocycles. The highest BCUT2D eigenvalue weighted by atomic mass is 127. The van der Waals surface area contributed by atoms with Crippen molar-refractivity contribution in [1.82, 2.24) is 15.6 Å². The van der Waals surface area contributed by atoms with Crippen molar-refractivity contribution in [2.45, 2.75) is 40.2 Å². The second-order valence-corrected chi connectivity index (χ2v) is 6.41. The lowest BCUT2D eigenvalue weighted by atomic mass is 10.1. The van der Waals surface area contributed by atoms with Crippen LogP contribution in [-0.2, 0) is 13.0 Å². The fourth-order valence-corrected chi connectivity index (χ4v) is 2.82. The molecule has 0 radical (unpaired) electrons. The summed E-state index contributed by atoms with van der Waals surface area (Å²) in [4.78, 5) is 9.04. The van der Waals surface area contributed by atoms with Crippen LogP contribution in [0.3, 0.4) is 0 Å². The first-order chi connectivity index (χ1) is 13.7. The van der Waals surface area contributed by atoms with Crippen LogP contribution >= 0.6 is 24.0 Å². The van der Waals surface area contributed by atoms with Crippen molar-refractivity contribution in [3.05, 3.63) is 53.3 Å². The van der Waals surface area contributed by atoms with E-state index in [0.29, 0.717) is 13.2 Å². The van der Waals surface area contributed by atoms with Gasteiger partial charge in [-0.25, -0.2) is 4.99 Å². The Morgan fingerprint density at radius 3 is 2.66 bits per heavy atom. The Balaban J connectivity index is 0.00000420. The van der Waals surface area contributed by atoms with Crippen molar-refractivity contribution in [2.75, 3.05) is 26.8 Å². The van der Waals surface area contributed by atoms with Crippen LogP contribution < -0.4 is 20.1 Å². The zero-order chi connectivity index (χ0) is 20.2. The number of pyridine rings is 1. The largest absolute Gasteiger partial charge is 0.493 e. The lowest BCUT2D eigenvalue weighted by Crippen LogP contribution is -2.37. The van der Waals surface area contributed by atoms with Crippen molar-refractivity contribution in [2.24, 2.45) is 4.99 Å². The minimum absolute atomic E-state index is 0. The first-order valence-corrected chi connectivity index (χ1v) is 9.90. The van der Waals surface area contributed by atoms with E-state index in [4.69, 9.17) is 9.47 Å². The summed E-state index contributed by atoms with van der Waals surface area (Å²) >= 11 is 0. The van der Waals surface area contributed by atoms with Crippen LogP contribution in [-0.4, -0.2) is 37.7 Å². The molecule has 0 spiro atoms. The number of aromatic nitrogens is 1. The molecule has 1 aromatic heterocycles. The van der Waals surface area contributed by atoms with E-state index in [1.54, 1.807) is 7.11 Å². The molecule has 0 saturated carbocycles. The molecule has 7 heteroatoms. The number of hydrogen-bond acceptors (Lipinski definition) is 4. The third-order valence-electron chi connectivity index (χ3n) is 4.31. The molecule has 0 fully saturated rings. The van der Waals surface area contributed by atoms with E-state index in [0.717, 1.165) is 54.6 Å². The molecule has 0 unspecified atom stereocenters. The van der Waals surface area contributed by atoms with Crippen LogP contribution in [0, 0.1) is 6.92 Å². The van der Waals surface area contributed by atoms with Crippen molar-refractivity contribution >= 4 is 29.9 Å². The summed E-state index contributed by atoms with van der Waals surface area (Å²) in [5.74, 6) is 2.39. The Labute approximate surface area is 191 Å². The Kier molecular flexibility index (Phi) is 12.1. The van der Waals surface area contributed by atoms with Gasteiger partial charge in [0.05, 0.1) is 26.0 Å². The highest BCUT2D eigenvalue weighted by Gasteiger charge is 2.06. The van der Waals surface area contributed by atoms with E-state index >= 15 is 0 Å². The normalized spacial score (nSPS) is 10.8. The summed E-state index contributed by atoms with van der Waals surface area (Å²) in [5, 5.41) is 6.68. The number of ether oxygens (including phenoxy) is 2. The van der Waals surface area contributed by atoms with Gasteiger partial charge in [-0.15, -0.1) is 24.0 Å². The number of nitrogens with one attached hydrogen (secondary N) is 2. The summed E-state index contributed by atoms with van der Waals surface area (Å²) in [7, 11) is 1.66. The molecule has 2 N–H and O–H groups in total. The van der Waals surface area contributed by atoms with Gasteiger partial charge < -0.3 is 20.1 Å². The molecular weight excluding hydrogens is 479 g/mol. The molecule has 0 aliphatic heterocycles. The standard InChI is InChI=1S/C22H32N4O2.HI/c1-5-23-22(26-16-19-17(3)9-7-13-24-19)25-14-8-10-18-11-12-20(27-4)21(15-18)28-6-2;/h7,9,11-13,15H,5-6,8,10,14,16H2,1-4H3,(H2,23,25,26);1H. The molecule has 29 heavy (non-hydrogen) atoms. The maximum atomic E-state index is 5.65. The van der Waals surface area contributed by atoms with Gasteiger partial charge in [-0.3, -0.25) is 4.98 Å². The molecule has 0 amide bonds. The first kappa shape index (κ1) is 25.0. The Morgan fingerprint density at radius 2 is 1.97 bits per heavy atom. The van der Waals surface area contributed by atoms with Gasteiger partial charge in [0.2, 0.25) is 0 Å². The second kappa shape index (κ2) is 14.0. The summed E-state index contributed by atoms with van der Waals surface area (Å²) in [6.45, 7) is 8.95. The Morgan fingerprint density at radius 1 is 1.14 bits per heavy atom. The number of guanidine groups is 1. The van der Waals surface area contributed by atoms with Gasteiger partial charge in [0.15, 0.2) is 17.5 Å². The number of benzene rings is 1. The molecule has 6 nitrogen and oxygen atoms in total. The number of nitrogens with zero attached hydrogens (tertiary/aromatic N) is 2. The fraction of sp³-hybridized carbons (Fsp3) is 0.455. The second-order valence-electron chi connectivity index (χ2n) is 6.41. The highest BCUT2D eigenvalue weighted by molar-refractivity contribution is 14.0. The molecule has 160 valence electrons. The number of hydrogen-bond donors (Lipinski definition) is 2. The Hall–Kier alpha value is -2.03. The highest BCUT2D eigenvalue weighted by Crippen LogP contribution is 2.28. The molecular formula is C22H33IN4O2. The lowest BCUT2D eigenvalue weighted by molar-refractivity contribution is 0.310. The van der Waals surface area contributed by atoms with Crippen LogP contribution in [0.25, 0.3) is 0 Å². The SMILES string of the molecule is CCNC(=NCc1ncccc1C)NCCCc1ccc(OC)c(OCC)c1.I. The monoisotopic (exact) mass is 512 g/mol. The van der Waals surface area contributed by atoms with E-state index in [2.05, 4.69) is 52.7 Å². The van der Waals surface area contributed by atoms with E-state index < -0.39 is 0 Å². The summed E-state index contributed by atoms with van der Waals surface area (Å²) in [6, 6.07) is 10.1. The van der Waals surface area contributed by atoms with E-state index in [9.17, 15) is 0 Å². The molecule has 0 saturated heterocycles. The van der Waals surface area contributed by atoms with E-state index in [1.807, 2.05) is 25.3 Å². The van der Waals surface area contributed by atoms with Crippen molar-refractivity contribution in [3.63, 3.8) is 0 Å². The van der Waals surface area contributed by atoms with Gasteiger partial charge in [-0.2, -0.15) is 0 Å². The van der Waals surface area contributed by atoms with E-state index in [-0.39, 0.29) is 24.0 Å². The first-order valence-electron chi connectivity index (χ1n) is 9.90.